The van der Waals surface area contributed by atoms with E-state index in [0.717, 1.165) is 50.4 Å². The van der Waals surface area contributed by atoms with Gasteiger partial charge in [0.2, 0.25) is 0 Å². The number of allylic oxidation sites excluding steroid dienone is 2. The van der Waals surface area contributed by atoms with Gasteiger partial charge in [0.1, 0.15) is 5.82 Å². The van der Waals surface area contributed by atoms with Crippen LogP contribution in [0.1, 0.15) is 65.2 Å². The van der Waals surface area contributed by atoms with Crippen LogP contribution in [0.15, 0.2) is 139 Å². The number of hydrogen-bond acceptors (Lipinski definition) is 4. The molecule has 0 aliphatic carbocycles. The molecule has 0 N–H and O–H groups in total. The van der Waals surface area contributed by atoms with Gasteiger partial charge in [-0.2, -0.15) is 12.1 Å². The molecule has 1 aliphatic rings. The molecule has 5 aromatic carbocycles. The van der Waals surface area contributed by atoms with Crippen LogP contribution in [0.3, 0.4) is 0 Å². The third-order valence-corrected chi connectivity index (χ3v) is 10.5. The van der Waals surface area contributed by atoms with E-state index < -0.39 is 0 Å². The summed E-state index contributed by atoms with van der Waals surface area (Å²) in [5.41, 5.74) is 10.0. The van der Waals surface area contributed by atoms with Gasteiger partial charge in [-0.05, 0) is 71.7 Å². The number of anilines is 2. The van der Waals surface area contributed by atoms with Crippen LogP contribution in [-0.2, 0) is 31.9 Å². The van der Waals surface area contributed by atoms with Crippen molar-refractivity contribution in [1.29, 1.82) is 0 Å². The fourth-order valence-electron chi connectivity index (χ4n) is 7.13. The van der Waals surface area contributed by atoms with Gasteiger partial charge in [-0.25, -0.2) is 4.98 Å². The Kier molecular flexibility index (Phi) is 9.59. The normalized spacial score (nSPS) is 13.6. The Hall–Kier alpha value is -5.12. The standard InChI is InChI=1S/C47H43N4O.Pt/c1-32-33(2)50(31-49(32)37-22-20-35(21-23-37)47(6,7)34-14-9-8-10-15-34)38-16-13-17-39(29-38)52-40-24-25-42-41-18-11-12-19-43(41)51(44(42)30-40)45-28-36(26-27-48-45)46(3,4)5;/h8-28,31H,1-7H3;/q-3;. The summed E-state index contributed by atoms with van der Waals surface area (Å²) < 4.78 is 8.68. The molecule has 0 saturated heterocycles. The average molecular weight is 875 g/mol. The number of nitrogens with zero attached hydrogens (tertiary/aromatic N) is 4. The number of aromatic nitrogens is 2. The zero-order valence-corrected chi connectivity index (χ0v) is 33.5. The molecule has 0 saturated carbocycles. The van der Waals surface area contributed by atoms with Gasteiger partial charge in [-0.1, -0.05) is 101 Å². The molecule has 6 heteroatoms. The van der Waals surface area contributed by atoms with E-state index in [2.05, 4.69) is 185 Å². The first-order valence-corrected chi connectivity index (χ1v) is 17.9. The Morgan fingerprint density at radius 3 is 2.06 bits per heavy atom. The molecule has 0 spiro atoms. The molecule has 53 heavy (non-hydrogen) atoms. The van der Waals surface area contributed by atoms with Crippen molar-refractivity contribution in [2.24, 2.45) is 0 Å². The predicted molar refractivity (Wildman–Crippen MR) is 214 cm³/mol. The Morgan fingerprint density at radius 1 is 0.623 bits per heavy atom. The van der Waals surface area contributed by atoms with Gasteiger partial charge >= 0.3 is 0 Å². The number of para-hydroxylation sites is 1. The van der Waals surface area contributed by atoms with E-state index in [1.807, 2.05) is 24.4 Å². The Bertz CT molecular complexity index is 2460. The maximum atomic E-state index is 6.49. The number of benzene rings is 5. The van der Waals surface area contributed by atoms with Crippen LogP contribution in [0.4, 0.5) is 11.4 Å². The van der Waals surface area contributed by atoms with E-state index in [9.17, 15) is 0 Å². The van der Waals surface area contributed by atoms with E-state index in [1.54, 1.807) is 0 Å². The molecule has 0 unspecified atom stereocenters. The molecule has 1 aliphatic heterocycles. The van der Waals surface area contributed by atoms with E-state index in [-0.39, 0.29) is 31.9 Å². The first-order valence-electron chi connectivity index (χ1n) is 17.9. The van der Waals surface area contributed by atoms with Crippen molar-refractivity contribution in [1.82, 2.24) is 9.55 Å². The third-order valence-electron chi connectivity index (χ3n) is 10.5. The smallest absolute Gasteiger partial charge is 0.135 e. The van der Waals surface area contributed by atoms with Gasteiger partial charge in [-0.15, -0.1) is 48.1 Å². The second-order valence-corrected chi connectivity index (χ2v) is 15.2. The average Bonchev–Trinajstić information content (AvgIpc) is 3.64. The first kappa shape index (κ1) is 36.2. The fraction of sp³-hybridized carbons (Fsp3) is 0.191. The van der Waals surface area contributed by atoms with E-state index in [1.165, 1.54) is 16.7 Å². The van der Waals surface area contributed by atoms with Crippen molar-refractivity contribution in [3.63, 3.8) is 0 Å². The number of pyridine rings is 1. The molecule has 2 aromatic heterocycles. The third kappa shape index (κ3) is 6.68. The van der Waals surface area contributed by atoms with E-state index in [0.29, 0.717) is 11.5 Å². The predicted octanol–water partition coefficient (Wildman–Crippen LogP) is 11.9. The number of hydrogen-bond donors (Lipinski definition) is 0. The quantitative estimate of drug-likeness (QED) is 0.149. The molecule has 0 atom stereocenters. The maximum absolute atomic E-state index is 6.49. The Morgan fingerprint density at radius 2 is 1.30 bits per heavy atom. The monoisotopic (exact) mass is 874 g/mol. The van der Waals surface area contributed by atoms with E-state index >= 15 is 0 Å². The molecule has 8 rings (SSSR count). The molecule has 0 amide bonds. The molecular formula is C47H43N4OPt-3. The van der Waals surface area contributed by atoms with Gasteiger partial charge in [0.25, 0.3) is 0 Å². The summed E-state index contributed by atoms with van der Waals surface area (Å²) in [6, 6.07) is 49.5. The van der Waals surface area contributed by atoms with Gasteiger partial charge in [0.15, 0.2) is 0 Å². The van der Waals surface area contributed by atoms with Crippen molar-refractivity contribution < 1.29 is 25.8 Å². The van der Waals surface area contributed by atoms with E-state index in [4.69, 9.17) is 9.72 Å². The molecule has 0 radical (unpaired) electrons. The Balaban J connectivity index is 0.00000435. The number of fused-ring (bicyclic) bond motifs is 3. The fourth-order valence-corrected chi connectivity index (χ4v) is 7.13. The minimum atomic E-state index is -0.0937. The Labute approximate surface area is 327 Å². The van der Waals surface area contributed by atoms with Gasteiger partial charge in [-0.3, -0.25) is 0 Å². The summed E-state index contributed by atoms with van der Waals surface area (Å²) in [6.45, 7) is 17.7. The van der Waals surface area contributed by atoms with Crippen molar-refractivity contribution in [2.75, 3.05) is 9.80 Å². The summed E-state index contributed by atoms with van der Waals surface area (Å²) >= 11 is 0. The molecule has 270 valence electrons. The SMILES string of the molecule is CC1=C(C)N(c2ccc(C(C)(C)c3ccccc3)cc2)[CH-]N1c1[c-]c(Oc2[c-]c3c(cc2)c2ccccc2n3-c2cc(C(C)(C)C)ccn2)ccc1.[Pt]. The molecule has 5 nitrogen and oxygen atoms in total. The zero-order valence-electron chi connectivity index (χ0n) is 31.2. The largest absolute Gasteiger partial charge is 0.509 e. The molecule has 0 bridgehead atoms. The van der Waals surface area contributed by atoms with Crippen molar-refractivity contribution in [3.8, 4) is 17.3 Å². The minimum absolute atomic E-state index is 0. The summed E-state index contributed by atoms with van der Waals surface area (Å²) in [5.74, 6) is 2.10. The minimum Gasteiger partial charge on any atom is -0.509 e. The van der Waals surface area contributed by atoms with Crippen molar-refractivity contribution in [2.45, 2.75) is 59.3 Å². The van der Waals surface area contributed by atoms with Gasteiger partial charge in [0, 0.05) is 66.8 Å². The zero-order chi connectivity index (χ0) is 36.2. The molecule has 7 aromatic rings. The topological polar surface area (TPSA) is 33.5 Å². The van der Waals surface area contributed by atoms with Crippen molar-refractivity contribution >= 4 is 33.2 Å². The maximum Gasteiger partial charge on any atom is 0.135 e. The first-order chi connectivity index (χ1) is 25.0. The van der Waals surface area contributed by atoms with Crippen LogP contribution in [0.2, 0.25) is 0 Å². The molecule has 3 heterocycles. The van der Waals surface area contributed by atoms with Gasteiger partial charge in [0.05, 0.1) is 0 Å². The second-order valence-electron chi connectivity index (χ2n) is 15.2. The second kappa shape index (κ2) is 14.0. The van der Waals surface area contributed by atoms with Crippen LogP contribution >= 0.6 is 0 Å². The van der Waals surface area contributed by atoms with Crippen LogP contribution < -0.4 is 14.5 Å². The summed E-state index contributed by atoms with van der Waals surface area (Å²) in [7, 11) is 0. The number of rotatable bonds is 7. The summed E-state index contributed by atoms with van der Waals surface area (Å²) in [5, 5.41) is 2.25. The summed E-state index contributed by atoms with van der Waals surface area (Å²) in [6.07, 6.45) is 1.90. The summed E-state index contributed by atoms with van der Waals surface area (Å²) in [4.78, 5) is 9.22. The van der Waals surface area contributed by atoms with Crippen LogP contribution in [0.25, 0.3) is 27.6 Å². The molecular weight excluding hydrogens is 832 g/mol. The molecule has 0 fully saturated rings. The van der Waals surface area contributed by atoms with Crippen LogP contribution in [0, 0.1) is 18.8 Å². The van der Waals surface area contributed by atoms with Crippen LogP contribution in [0.5, 0.6) is 11.5 Å². The van der Waals surface area contributed by atoms with Crippen molar-refractivity contribution in [3.05, 3.63) is 174 Å². The van der Waals surface area contributed by atoms with Gasteiger partial charge < -0.3 is 19.1 Å². The van der Waals surface area contributed by atoms with Crippen LogP contribution in [-0.4, -0.2) is 9.55 Å². The number of ether oxygens (including phenoxy) is 1.